The summed E-state index contributed by atoms with van der Waals surface area (Å²) >= 11 is 0. The number of hydrogen-bond donors (Lipinski definition) is 2. The summed E-state index contributed by atoms with van der Waals surface area (Å²) in [6.07, 6.45) is 2.13. The number of aromatic amines is 1. The molecule has 1 heterocycles. The van der Waals surface area contributed by atoms with Crippen LogP contribution < -0.4 is 5.73 Å². The molecule has 1 saturated carbocycles. The minimum absolute atomic E-state index is 0.113. The molecule has 0 aromatic carbocycles. The third-order valence-corrected chi connectivity index (χ3v) is 3.43. The quantitative estimate of drug-likeness (QED) is 0.780. The number of ether oxygens (including phenoxy) is 1. The number of esters is 1. The first-order valence-corrected chi connectivity index (χ1v) is 6.67. The van der Waals surface area contributed by atoms with Crippen LogP contribution in [0.3, 0.4) is 0 Å². The molecule has 0 radical (unpaired) electrons. The highest BCUT2D eigenvalue weighted by Crippen LogP contribution is 2.42. The first kappa shape index (κ1) is 14.4. The number of nitrogens with zero attached hydrogens (tertiary/aromatic N) is 2. The average molecular weight is 280 g/mol. The molecule has 20 heavy (non-hydrogen) atoms. The maximum Gasteiger partial charge on any atom is 0.325 e. The maximum absolute atomic E-state index is 12.5. The molecule has 7 nitrogen and oxygen atoms in total. The molecule has 3 N–H and O–H groups in total. The molecule has 0 saturated heterocycles. The van der Waals surface area contributed by atoms with Crippen molar-refractivity contribution in [2.24, 2.45) is 0 Å². The van der Waals surface area contributed by atoms with E-state index >= 15 is 0 Å². The van der Waals surface area contributed by atoms with Crippen LogP contribution in [-0.4, -0.2) is 46.7 Å². The summed E-state index contributed by atoms with van der Waals surface area (Å²) in [7, 11) is 1.29. The van der Waals surface area contributed by atoms with Crippen molar-refractivity contribution in [3.05, 3.63) is 11.4 Å². The predicted octanol–water partition coefficient (Wildman–Crippen LogP) is 0.893. The smallest absolute Gasteiger partial charge is 0.325 e. The molecule has 1 aromatic rings. The van der Waals surface area contributed by atoms with Gasteiger partial charge in [-0.3, -0.25) is 14.7 Å². The van der Waals surface area contributed by atoms with Gasteiger partial charge in [0.05, 0.1) is 18.5 Å². The van der Waals surface area contributed by atoms with Crippen LogP contribution in [0, 0.1) is 0 Å². The van der Waals surface area contributed by atoms with Crippen LogP contribution >= 0.6 is 0 Å². The Kier molecular flexibility index (Phi) is 3.96. The van der Waals surface area contributed by atoms with Crippen LogP contribution in [0.4, 0.5) is 5.69 Å². The molecular formula is C13H20N4O3. The minimum atomic E-state index is -0.469. The van der Waals surface area contributed by atoms with Gasteiger partial charge in [0.25, 0.3) is 5.91 Å². The number of hydrogen-bond acceptors (Lipinski definition) is 5. The Morgan fingerprint density at radius 2 is 2.15 bits per heavy atom. The van der Waals surface area contributed by atoms with Gasteiger partial charge in [0.2, 0.25) is 0 Å². The fourth-order valence-corrected chi connectivity index (χ4v) is 2.04. The molecule has 0 spiro atoms. The highest BCUT2D eigenvalue weighted by atomic mass is 16.5. The van der Waals surface area contributed by atoms with Crippen LogP contribution in [0.2, 0.25) is 0 Å². The highest BCUT2D eigenvalue weighted by Gasteiger charge is 2.32. The van der Waals surface area contributed by atoms with Gasteiger partial charge < -0.3 is 15.4 Å². The number of nitrogens with two attached hydrogens (primary N) is 1. The summed E-state index contributed by atoms with van der Waals surface area (Å²) in [5.74, 6) is -0.438. The van der Waals surface area contributed by atoms with Crippen molar-refractivity contribution in [3.8, 4) is 0 Å². The summed E-state index contributed by atoms with van der Waals surface area (Å²) in [6, 6.07) is -0.151. The van der Waals surface area contributed by atoms with Gasteiger partial charge >= 0.3 is 5.97 Å². The van der Waals surface area contributed by atoms with Gasteiger partial charge in [-0.05, 0) is 26.7 Å². The lowest BCUT2D eigenvalue weighted by Gasteiger charge is -2.24. The number of amides is 1. The molecular weight excluding hydrogens is 260 g/mol. The molecule has 110 valence electrons. The number of anilines is 1. The number of carbonyl (C=O) groups excluding carboxylic acids is 2. The topological polar surface area (TPSA) is 101 Å². The summed E-state index contributed by atoms with van der Waals surface area (Å²) < 4.78 is 4.61. The number of carbonyl (C=O) groups is 2. The second-order valence-electron chi connectivity index (χ2n) is 5.28. The number of nitrogen functional groups attached to an aromatic ring is 1. The van der Waals surface area contributed by atoms with Crippen LogP contribution in [-0.2, 0) is 9.53 Å². The van der Waals surface area contributed by atoms with E-state index in [1.807, 2.05) is 13.8 Å². The van der Waals surface area contributed by atoms with E-state index in [-0.39, 0.29) is 24.2 Å². The van der Waals surface area contributed by atoms with E-state index in [0.717, 1.165) is 18.5 Å². The molecule has 0 unspecified atom stereocenters. The molecule has 0 aliphatic heterocycles. The first-order valence-electron chi connectivity index (χ1n) is 6.67. The van der Waals surface area contributed by atoms with E-state index < -0.39 is 5.97 Å². The zero-order valence-corrected chi connectivity index (χ0v) is 12.0. The van der Waals surface area contributed by atoms with Gasteiger partial charge in [-0.15, -0.1) is 0 Å². The van der Waals surface area contributed by atoms with Crippen LogP contribution in [0.15, 0.2) is 0 Å². The Hall–Kier alpha value is -2.05. The lowest BCUT2D eigenvalue weighted by Crippen LogP contribution is -2.41. The molecule has 1 aliphatic rings. The SMILES string of the molecule is COC(=O)CN(C(=O)c1n[nH]c(C2CC2)c1N)C(C)C. The largest absolute Gasteiger partial charge is 0.468 e. The Bertz CT molecular complexity index is 520. The lowest BCUT2D eigenvalue weighted by molar-refractivity contribution is -0.141. The van der Waals surface area contributed by atoms with E-state index in [9.17, 15) is 9.59 Å². The Morgan fingerprint density at radius 1 is 1.50 bits per heavy atom. The third-order valence-electron chi connectivity index (χ3n) is 3.43. The molecule has 1 fully saturated rings. The van der Waals surface area contributed by atoms with E-state index in [0.29, 0.717) is 11.6 Å². The molecule has 1 amide bonds. The Balaban J connectivity index is 2.20. The number of H-pyrrole nitrogens is 1. The van der Waals surface area contributed by atoms with Crippen LogP contribution in [0.5, 0.6) is 0 Å². The van der Waals surface area contributed by atoms with Gasteiger partial charge in [-0.25, -0.2) is 0 Å². The normalized spacial score (nSPS) is 14.4. The molecule has 7 heteroatoms. The number of aromatic nitrogens is 2. The number of nitrogens with one attached hydrogen (secondary N) is 1. The van der Waals surface area contributed by atoms with Gasteiger partial charge in [0.1, 0.15) is 6.54 Å². The number of methoxy groups -OCH3 is 1. The van der Waals surface area contributed by atoms with E-state index in [1.54, 1.807) is 0 Å². The van der Waals surface area contributed by atoms with E-state index in [1.165, 1.54) is 12.0 Å². The second-order valence-corrected chi connectivity index (χ2v) is 5.28. The van der Waals surface area contributed by atoms with Gasteiger partial charge in [-0.1, -0.05) is 0 Å². The zero-order chi connectivity index (χ0) is 14.9. The lowest BCUT2D eigenvalue weighted by atomic mass is 10.2. The van der Waals surface area contributed by atoms with Crippen molar-refractivity contribution in [3.63, 3.8) is 0 Å². The van der Waals surface area contributed by atoms with Crippen molar-refractivity contribution in [1.82, 2.24) is 15.1 Å². The van der Waals surface area contributed by atoms with Crippen molar-refractivity contribution >= 4 is 17.6 Å². The van der Waals surface area contributed by atoms with Crippen molar-refractivity contribution < 1.29 is 14.3 Å². The molecule has 2 rings (SSSR count). The van der Waals surface area contributed by atoms with E-state index in [2.05, 4.69) is 14.9 Å². The van der Waals surface area contributed by atoms with Crippen LogP contribution in [0.25, 0.3) is 0 Å². The number of rotatable bonds is 5. The van der Waals surface area contributed by atoms with Crippen molar-refractivity contribution in [1.29, 1.82) is 0 Å². The molecule has 1 aliphatic carbocycles. The van der Waals surface area contributed by atoms with Crippen LogP contribution in [0.1, 0.15) is 48.8 Å². The maximum atomic E-state index is 12.5. The fourth-order valence-electron chi connectivity index (χ4n) is 2.04. The minimum Gasteiger partial charge on any atom is -0.468 e. The van der Waals surface area contributed by atoms with Gasteiger partial charge in [-0.2, -0.15) is 5.10 Å². The summed E-state index contributed by atoms with van der Waals surface area (Å²) in [4.78, 5) is 25.3. The standard InChI is InChI=1S/C13H20N4O3/c1-7(2)17(6-9(18)20-3)13(19)12-10(14)11(15-16-12)8-4-5-8/h7-8H,4-6,14H2,1-3H3,(H,15,16). The van der Waals surface area contributed by atoms with Crippen molar-refractivity contribution in [2.75, 3.05) is 19.4 Å². The van der Waals surface area contributed by atoms with Crippen molar-refractivity contribution in [2.45, 2.75) is 38.6 Å². The summed E-state index contributed by atoms with van der Waals surface area (Å²) in [5.41, 5.74) is 7.40. The predicted molar refractivity (Wildman–Crippen MR) is 73.2 cm³/mol. The highest BCUT2D eigenvalue weighted by molar-refractivity contribution is 5.99. The molecule has 0 bridgehead atoms. The average Bonchev–Trinajstić information content (AvgIpc) is 3.18. The monoisotopic (exact) mass is 280 g/mol. The molecule has 1 aromatic heterocycles. The third kappa shape index (κ3) is 2.76. The Labute approximate surface area is 117 Å². The first-order chi connectivity index (χ1) is 9.45. The molecule has 0 atom stereocenters. The summed E-state index contributed by atoms with van der Waals surface area (Å²) in [6.45, 7) is 3.54. The summed E-state index contributed by atoms with van der Waals surface area (Å²) in [5, 5.41) is 6.86. The van der Waals surface area contributed by atoms with Gasteiger partial charge in [0.15, 0.2) is 5.69 Å². The van der Waals surface area contributed by atoms with E-state index in [4.69, 9.17) is 5.73 Å². The zero-order valence-electron chi connectivity index (χ0n) is 12.0. The Morgan fingerprint density at radius 3 is 2.65 bits per heavy atom. The second kappa shape index (κ2) is 5.52. The van der Waals surface area contributed by atoms with Gasteiger partial charge in [0, 0.05) is 12.0 Å². The fraction of sp³-hybridized carbons (Fsp3) is 0.615.